The van der Waals surface area contributed by atoms with Crippen LogP contribution in [0.5, 0.6) is 0 Å². The summed E-state index contributed by atoms with van der Waals surface area (Å²) in [6.07, 6.45) is 9.41. The van der Waals surface area contributed by atoms with Gasteiger partial charge in [-0.3, -0.25) is 0 Å². The molecule has 1 heteroatoms. The maximum Gasteiger partial charge on any atom is 0.0644 e. The molecule has 0 aromatic rings. The summed E-state index contributed by atoms with van der Waals surface area (Å²) in [5.41, 5.74) is 0. The standard InChI is InChI=1S/C14H22O/c1-2-6-15-9-11-7-10-8-14(11)13-5-3-4-12(10)13/h2,10-14H,1,3-9H2. The molecule has 3 saturated carbocycles. The lowest BCUT2D eigenvalue weighted by Crippen LogP contribution is -2.27. The van der Waals surface area contributed by atoms with Crippen LogP contribution in [-0.2, 0) is 4.74 Å². The van der Waals surface area contributed by atoms with Crippen molar-refractivity contribution in [1.82, 2.24) is 0 Å². The molecule has 0 aromatic carbocycles. The van der Waals surface area contributed by atoms with Gasteiger partial charge in [0.2, 0.25) is 0 Å². The number of fused-ring (bicyclic) bond motifs is 5. The first-order chi connectivity index (χ1) is 7.40. The van der Waals surface area contributed by atoms with Gasteiger partial charge in [-0.25, -0.2) is 0 Å². The van der Waals surface area contributed by atoms with Crippen LogP contribution in [0.25, 0.3) is 0 Å². The Bertz CT molecular complexity index is 248. The Morgan fingerprint density at radius 2 is 2.00 bits per heavy atom. The number of ether oxygens (including phenoxy) is 1. The van der Waals surface area contributed by atoms with Crippen LogP contribution in [-0.4, -0.2) is 13.2 Å². The lowest BCUT2D eigenvalue weighted by molar-refractivity contribution is 0.0706. The SMILES string of the molecule is C=CCOCC1CC2CC1C1CCCC21. The van der Waals surface area contributed by atoms with Gasteiger partial charge in [0, 0.05) is 0 Å². The zero-order valence-electron chi connectivity index (χ0n) is 9.53. The fourth-order valence-electron chi connectivity index (χ4n) is 4.70. The molecule has 0 saturated heterocycles. The molecule has 1 nitrogen and oxygen atoms in total. The van der Waals surface area contributed by atoms with Crippen molar-refractivity contribution in [3.8, 4) is 0 Å². The third kappa shape index (κ3) is 1.56. The van der Waals surface area contributed by atoms with Gasteiger partial charge in [0.05, 0.1) is 13.2 Å². The van der Waals surface area contributed by atoms with E-state index in [9.17, 15) is 0 Å². The van der Waals surface area contributed by atoms with Crippen molar-refractivity contribution in [2.75, 3.05) is 13.2 Å². The van der Waals surface area contributed by atoms with Crippen molar-refractivity contribution >= 4 is 0 Å². The lowest BCUT2D eigenvalue weighted by Gasteiger charge is -2.31. The van der Waals surface area contributed by atoms with Crippen LogP contribution in [0.4, 0.5) is 0 Å². The van der Waals surface area contributed by atoms with E-state index in [0.717, 1.165) is 42.8 Å². The maximum absolute atomic E-state index is 5.65. The highest BCUT2D eigenvalue weighted by Crippen LogP contribution is 2.60. The summed E-state index contributed by atoms with van der Waals surface area (Å²) in [6, 6.07) is 0. The maximum atomic E-state index is 5.65. The molecule has 3 fully saturated rings. The van der Waals surface area contributed by atoms with Gasteiger partial charge < -0.3 is 4.74 Å². The Labute approximate surface area is 92.9 Å². The fourth-order valence-corrected chi connectivity index (χ4v) is 4.70. The highest BCUT2D eigenvalue weighted by Gasteiger charge is 2.53. The molecule has 0 aliphatic heterocycles. The van der Waals surface area contributed by atoms with Gasteiger partial charge in [0.15, 0.2) is 0 Å². The molecule has 0 radical (unpaired) electrons. The van der Waals surface area contributed by atoms with Crippen LogP contribution < -0.4 is 0 Å². The third-order valence-electron chi connectivity index (χ3n) is 5.13. The average molecular weight is 206 g/mol. The monoisotopic (exact) mass is 206 g/mol. The van der Waals surface area contributed by atoms with Crippen LogP contribution in [0.3, 0.4) is 0 Å². The molecule has 3 aliphatic carbocycles. The predicted octanol–water partition coefficient (Wildman–Crippen LogP) is 3.26. The molecule has 5 unspecified atom stereocenters. The zero-order chi connectivity index (χ0) is 10.3. The fraction of sp³-hybridized carbons (Fsp3) is 0.857. The Morgan fingerprint density at radius 1 is 1.13 bits per heavy atom. The van der Waals surface area contributed by atoms with Gasteiger partial charge in [0.25, 0.3) is 0 Å². The van der Waals surface area contributed by atoms with Gasteiger partial charge >= 0.3 is 0 Å². The summed E-state index contributed by atoms with van der Waals surface area (Å²) in [5, 5.41) is 0. The molecular formula is C14H22O. The largest absolute Gasteiger partial charge is 0.377 e. The minimum Gasteiger partial charge on any atom is -0.377 e. The Kier molecular flexibility index (Phi) is 2.59. The zero-order valence-corrected chi connectivity index (χ0v) is 9.53. The van der Waals surface area contributed by atoms with Crippen LogP contribution >= 0.6 is 0 Å². The lowest BCUT2D eigenvalue weighted by atomic mass is 9.76. The molecular weight excluding hydrogens is 184 g/mol. The van der Waals surface area contributed by atoms with E-state index in [1.165, 1.54) is 32.1 Å². The van der Waals surface area contributed by atoms with Gasteiger partial charge in [-0.05, 0) is 55.3 Å². The molecule has 2 bridgehead atoms. The normalized spacial score (nSPS) is 47.1. The van der Waals surface area contributed by atoms with Gasteiger partial charge in [0.1, 0.15) is 0 Å². The molecule has 15 heavy (non-hydrogen) atoms. The Balaban J connectivity index is 1.58. The summed E-state index contributed by atoms with van der Waals surface area (Å²) in [6.45, 7) is 5.44. The van der Waals surface area contributed by atoms with E-state index in [1.54, 1.807) is 0 Å². The van der Waals surface area contributed by atoms with Crippen molar-refractivity contribution in [3.05, 3.63) is 12.7 Å². The summed E-state index contributed by atoms with van der Waals surface area (Å²) >= 11 is 0. The number of hydrogen-bond donors (Lipinski definition) is 0. The Morgan fingerprint density at radius 3 is 2.87 bits per heavy atom. The van der Waals surface area contributed by atoms with Crippen molar-refractivity contribution in [2.45, 2.75) is 32.1 Å². The molecule has 0 heterocycles. The van der Waals surface area contributed by atoms with Crippen LogP contribution in [0.1, 0.15) is 32.1 Å². The summed E-state index contributed by atoms with van der Waals surface area (Å²) in [5.74, 6) is 5.17. The van der Waals surface area contributed by atoms with Crippen molar-refractivity contribution < 1.29 is 4.74 Å². The van der Waals surface area contributed by atoms with Crippen LogP contribution in [0.15, 0.2) is 12.7 Å². The third-order valence-corrected chi connectivity index (χ3v) is 5.13. The topological polar surface area (TPSA) is 9.23 Å². The van der Waals surface area contributed by atoms with E-state index in [-0.39, 0.29) is 0 Å². The molecule has 3 rings (SSSR count). The molecule has 84 valence electrons. The van der Waals surface area contributed by atoms with Crippen molar-refractivity contribution in [2.24, 2.45) is 29.6 Å². The predicted molar refractivity (Wildman–Crippen MR) is 61.6 cm³/mol. The van der Waals surface area contributed by atoms with E-state index < -0.39 is 0 Å². The second-order valence-electron chi connectivity index (χ2n) is 5.74. The first kappa shape index (κ1) is 9.89. The van der Waals surface area contributed by atoms with Crippen molar-refractivity contribution in [3.63, 3.8) is 0 Å². The van der Waals surface area contributed by atoms with Gasteiger partial charge in [-0.2, -0.15) is 0 Å². The quantitative estimate of drug-likeness (QED) is 0.507. The van der Waals surface area contributed by atoms with Crippen LogP contribution in [0, 0.1) is 29.6 Å². The van der Waals surface area contributed by atoms with E-state index in [2.05, 4.69) is 6.58 Å². The van der Waals surface area contributed by atoms with E-state index in [4.69, 9.17) is 4.74 Å². The van der Waals surface area contributed by atoms with E-state index >= 15 is 0 Å². The van der Waals surface area contributed by atoms with E-state index in [0.29, 0.717) is 0 Å². The molecule has 3 aliphatic rings. The second-order valence-corrected chi connectivity index (χ2v) is 5.74. The molecule has 0 amide bonds. The highest BCUT2D eigenvalue weighted by atomic mass is 16.5. The van der Waals surface area contributed by atoms with Gasteiger partial charge in [-0.15, -0.1) is 6.58 Å². The summed E-state index contributed by atoms with van der Waals surface area (Å²) < 4.78 is 5.65. The minimum atomic E-state index is 0.738. The first-order valence-corrected chi connectivity index (χ1v) is 6.58. The Hall–Kier alpha value is -0.300. The summed E-state index contributed by atoms with van der Waals surface area (Å²) in [7, 11) is 0. The van der Waals surface area contributed by atoms with Crippen molar-refractivity contribution in [1.29, 1.82) is 0 Å². The first-order valence-electron chi connectivity index (χ1n) is 6.58. The second kappa shape index (κ2) is 3.93. The number of hydrogen-bond acceptors (Lipinski definition) is 1. The molecule has 0 N–H and O–H groups in total. The molecule has 0 spiro atoms. The minimum absolute atomic E-state index is 0.738. The van der Waals surface area contributed by atoms with E-state index in [1.807, 2.05) is 6.08 Å². The highest BCUT2D eigenvalue weighted by molar-refractivity contribution is 5.02. The average Bonchev–Trinajstić information content (AvgIpc) is 2.89. The van der Waals surface area contributed by atoms with Gasteiger partial charge in [-0.1, -0.05) is 12.5 Å². The number of rotatable bonds is 4. The van der Waals surface area contributed by atoms with Crippen LogP contribution in [0.2, 0.25) is 0 Å². The molecule has 0 aromatic heterocycles. The summed E-state index contributed by atoms with van der Waals surface area (Å²) in [4.78, 5) is 0. The smallest absolute Gasteiger partial charge is 0.0644 e. The molecule has 5 atom stereocenters.